The summed E-state index contributed by atoms with van der Waals surface area (Å²) in [7, 11) is 0. The number of benzene rings is 1. The highest BCUT2D eigenvalue weighted by Crippen LogP contribution is 2.41. The van der Waals surface area contributed by atoms with Gasteiger partial charge < -0.3 is 10.1 Å². The summed E-state index contributed by atoms with van der Waals surface area (Å²) in [5, 5.41) is 2.16. The zero-order chi connectivity index (χ0) is 20.6. The molecule has 1 aromatic rings. The summed E-state index contributed by atoms with van der Waals surface area (Å²) >= 11 is 0. The quantitative estimate of drug-likeness (QED) is 0.731. The Morgan fingerprint density at radius 2 is 1.78 bits per heavy atom. The van der Waals surface area contributed by atoms with Crippen molar-refractivity contribution in [3.8, 4) is 0 Å². The van der Waals surface area contributed by atoms with Crippen LogP contribution in [0.4, 0.5) is 26.7 Å². The maximum atomic E-state index is 14.7. The summed E-state index contributed by atoms with van der Waals surface area (Å²) in [6.07, 6.45) is -5.91. The Kier molecular flexibility index (Phi) is 5.54. The minimum atomic E-state index is -5.09. The average molecular weight is 393 g/mol. The van der Waals surface area contributed by atoms with Gasteiger partial charge in [0.2, 0.25) is 0 Å². The normalized spacial score (nSPS) is 21.1. The second-order valence-electron chi connectivity index (χ2n) is 7.44. The number of carbonyl (C=O) groups is 2. The third kappa shape index (κ3) is 4.39. The lowest BCUT2D eigenvalue weighted by Crippen LogP contribution is -2.55. The Balaban J connectivity index is 2.62. The first-order chi connectivity index (χ1) is 12.3. The smallest absolute Gasteiger partial charge is 0.419 e. The first-order valence-corrected chi connectivity index (χ1v) is 8.38. The van der Waals surface area contributed by atoms with E-state index in [1.165, 1.54) is 20.8 Å². The van der Waals surface area contributed by atoms with Crippen molar-refractivity contribution in [3.63, 3.8) is 0 Å². The monoisotopic (exact) mass is 393 g/mol. The molecule has 1 saturated carbocycles. The molecule has 1 aromatic carbocycles. The Morgan fingerprint density at radius 1 is 1.15 bits per heavy atom. The number of rotatable bonds is 2. The minimum absolute atomic E-state index is 0.134. The Morgan fingerprint density at radius 3 is 2.30 bits per heavy atom. The predicted octanol–water partition coefficient (Wildman–Crippen LogP) is 4.85. The number of alkyl halides is 3. The summed E-state index contributed by atoms with van der Waals surface area (Å²) in [5.41, 5.74) is -6.04. The Bertz CT molecular complexity index is 755. The molecule has 0 aliphatic heterocycles. The molecule has 1 fully saturated rings. The predicted molar refractivity (Wildman–Crippen MR) is 85.9 cm³/mol. The van der Waals surface area contributed by atoms with Crippen molar-refractivity contribution in [2.75, 3.05) is 0 Å². The maximum absolute atomic E-state index is 14.7. The molecule has 1 aliphatic carbocycles. The first kappa shape index (κ1) is 21.1. The van der Waals surface area contributed by atoms with Gasteiger partial charge in [-0.2, -0.15) is 13.2 Å². The summed E-state index contributed by atoms with van der Waals surface area (Å²) in [6, 6.07) is 0.713. The molecule has 0 radical (unpaired) electrons. The number of ketones is 1. The van der Waals surface area contributed by atoms with Gasteiger partial charge in [0, 0.05) is 6.42 Å². The highest BCUT2D eigenvalue weighted by molar-refractivity contribution is 5.93. The largest absolute Gasteiger partial charge is 0.444 e. The molecule has 2 rings (SSSR count). The molecule has 1 amide bonds. The second-order valence-corrected chi connectivity index (χ2v) is 7.44. The molecule has 1 atom stereocenters. The van der Waals surface area contributed by atoms with Gasteiger partial charge >= 0.3 is 12.3 Å². The third-order valence-corrected chi connectivity index (χ3v) is 4.22. The van der Waals surface area contributed by atoms with E-state index < -0.39 is 52.0 Å². The topological polar surface area (TPSA) is 55.4 Å². The van der Waals surface area contributed by atoms with Crippen molar-refractivity contribution in [1.29, 1.82) is 0 Å². The van der Waals surface area contributed by atoms with Crippen LogP contribution in [0.1, 0.15) is 57.6 Å². The lowest BCUT2D eigenvalue weighted by molar-refractivity contribution is -0.140. The van der Waals surface area contributed by atoms with Crippen molar-refractivity contribution in [2.24, 2.45) is 0 Å². The van der Waals surface area contributed by atoms with Crippen LogP contribution in [-0.4, -0.2) is 17.5 Å². The molecule has 9 heteroatoms. The number of halogens is 5. The van der Waals surface area contributed by atoms with Gasteiger partial charge in [-0.05, 0) is 52.2 Å². The van der Waals surface area contributed by atoms with E-state index in [9.17, 15) is 31.5 Å². The molecule has 0 aromatic heterocycles. The molecule has 0 heterocycles. The van der Waals surface area contributed by atoms with E-state index in [1.807, 2.05) is 0 Å². The van der Waals surface area contributed by atoms with E-state index in [4.69, 9.17) is 4.74 Å². The molecule has 27 heavy (non-hydrogen) atoms. The van der Waals surface area contributed by atoms with Gasteiger partial charge in [0.1, 0.15) is 22.8 Å². The number of amides is 1. The lowest BCUT2D eigenvalue weighted by atomic mass is 9.74. The summed E-state index contributed by atoms with van der Waals surface area (Å²) < 4.78 is 73.4. The van der Waals surface area contributed by atoms with Crippen LogP contribution in [0, 0.1) is 11.6 Å². The van der Waals surface area contributed by atoms with Crippen molar-refractivity contribution in [2.45, 2.75) is 63.8 Å². The van der Waals surface area contributed by atoms with Gasteiger partial charge in [-0.1, -0.05) is 0 Å². The fourth-order valence-corrected chi connectivity index (χ4v) is 3.13. The van der Waals surface area contributed by atoms with Crippen LogP contribution in [0.2, 0.25) is 0 Å². The SMILES string of the molecule is CC(C)(C)OC(=O)NC1(c2c(F)ccc(C(F)(F)F)c2F)CCCCC1=O. The molecule has 0 saturated heterocycles. The highest BCUT2D eigenvalue weighted by Gasteiger charge is 2.49. The van der Waals surface area contributed by atoms with Gasteiger partial charge in [-0.25, -0.2) is 13.6 Å². The van der Waals surface area contributed by atoms with Gasteiger partial charge in [0.25, 0.3) is 0 Å². The van der Waals surface area contributed by atoms with E-state index in [0.29, 0.717) is 12.5 Å². The Labute approximate surface area is 153 Å². The number of carbonyl (C=O) groups excluding carboxylic acids is 2. The molecular formula is C18H20F5NO3. The standard InChI is InChI=1S/C18H20F5NO3/c1-16(2,3)27-15(26)24-17(9-5-4-6-12(17)25)13-11(19)8-7-10(14(13)20)18(21,22)23/h7-8H,4-6,9H2,1-3H3,(H,24,26). The van der Waals surface area contributed by atoms with Gasteiger partial charge in [0.15, 0.2) is 5.78 Å². The van der Waals surface area contributed by atoms with E-state index in [-0.39, 0.29) is 25.3 Å². The molecule has 0 bridgehead atoms. The average Bonchev–Trinajstić information content (AvgIpc) is 2.46. The van der Waals surface area contributed by atoms with Crippen molar-refractivity contribution >= 4 is 11.9 Å². The van der Waals surface area contributed by atoms with E-state index in [1.54, 1.807) is 0 Å². The number of ether oxygens (including phenoxy) is 1. The summed E-state index contributed by atoms with van der Waals surface area (Å²) in [4.78, 5) is 24.8. The van der Waals surface area contributed by atoms with Crippen LogP contribution in [0.25, 0.3) is 0 Å². The van der Waals surface area contributed by atoms with E-state index in [2.05, 4.69) is 5.32 Å². The summed E-state index contributed by atoms with van der Waals surface area (Å²) in [5.74, 6) is -4.02. The van der Waals surface area contributed by atoms with Crippen LogP contribution in [0.15, 0.2) is 12.1 Å². The molecule has 150 valence electrons. The fourth-order valence-electron chi connectivity index (χ4n) is 3.13. The molecular weight excluding hydrogens is 373 g/mol. The van der Waals surface area contributed by atoms with Crippen molar-refractivity contribution in [1.82, 2.24) is 5.32 Å². The summed E-state index contributed by atoms with van der Waals surface area (Å²) in [6.45, 7) is 4.61. The first-order valence-electron chi connectivity index (χ1n) is 8.38. The zero-order valence-electron chi connectivity index (χ0n) is 15.1. The van der Waals surface area contributed by atoms with Crippen LogP contribution < -0.4 is 5.32 Å². The second kappa shape index (κ2) is 7.09. The van der Waals surface area contributed by atoms with Crippen molar-refractivity contribution < 1.29 is 36.3 Å². The number of nitrogens with one attached hydrogen (secondary N) is 1. The van der Waals surface area contributed by atoms with Crippen molar-refractivity contribution in [3.05, 3.63) is 34.9 Å². The van der Waals surface area contributed by atoms with Crippen LogP contribution in [0.5, 0.6) is 0 Å². The van der Waals surface area contributed by atoms with E-state index in [0.717, 1.165) is 0 Å². The van der Waals surface area contributed by atoms with Gasteiger partial charge in [0.05, 0.1) is 11.1 Å². The maximum Gasteiger partial charge on any atom is 0.419 e. The van der Waals surface area contributed by atoms with Gasteiger partial charge in [-0.3, -0.25) is 4.79 Å². The lowest BCUT2D eigenvalue weighted by Gasteiger charge is -2.38. The molecule has 1 N–H and O–H groups in total. The van der Waals surface area contributed by atoms with Crippen LogP contribution in [0.3, 0.4) is 0 Å². The number of hydrogen-bond donors (Lipinski definition) is 1. The highest BCUT2D eigenvalue weighted by atomic mass is 19.4. The van der Waals surface area contributed by atoms with Gasteiger partial charge in [-0.15, -0.1) is 0 Å². The number of hydrogen-bond acceptors (Lipinski definition) is 3. The molecule has 1 aliphatic rings. The molecule has 1 unspecified atom stereocenters. The molecule has 4 nitrogen and oxygen atoms in total. The molecule has 0 spiro atoms. The minimum Gasteiger partial charge on any atom is -0.444 e. The van der Waals surface area contributed by atoms with Crippen LogP contribution >= 0.6 is 0 Å². The Hall–Kier alpha value is -2.19. The number of alkyl carbamates (subject to hydrolysis) is 1. The van der Waals surface area contributed by atoms with E-state index >= 15 is 0 Å². The number of Topliss-reactive ketones (excluding diaryl/α,β-unsaturated/α-hetero) is 1. The zero-order valence-corrected chi connectivity index (χ0v) is 15.1. The van der Waals surface area contributed by atoms with Crippen LogP contribution in [-0.2, 0) is 21.2 Å². The fraction of sp³-hybridized carbons (Fsp3) is 0.556. The third-order valence-electron chi connectivity index (χ3n) is 4.22.